The molecule has 24 heavy (non-hydrogen) atoms. The molecule has 0 saturated heterocycles. The lowest BCUT2D eigenvalue weighted by molar-refractivity contribution is -0.113. The molecule has 3 rings (SSSR count). The number of thioether (sulfide) groups is 1. The van der Waals surface area contributed by atoms with Crippen LogP contribution < -0.4 is 5.32 Å². The largest absolute Gasteiger partial charge is 0.469 e. The van der Waals surface area contributed by atoms with Gasteiger partial charge in [-0.25, -0.2) is 0 Å². The quantitative estimate of drug-likeness (QED) is 0.679. The van der Waals surface area contributed by atoms with Gasteiger partial charge in [-0.1, -0.05) is 23.4 Å². The van der Waals surface area contributed by atoms with Crippen molar-refractivity contribution in [1.82, 2.24) is 10.2 Å². The summed E-state index contributed by atoms with van der Waals surface area (Å²) in [6, 6.07) is 7.05. The van der Waals surface area contributed by atoms with Gasteiger partial charge in [0.1, 0.15) is 5.76 Å². The number of anilines is 1. The summed E-state index contributed by atoms with van der Waals surface area (Å²) in [6.07, 6.45) is 1.56. The normalized spacial score (nSPS) is 10.8. The number of hydrogen-bond donors (Lipinski definition) is 1. The molecule has 8 heteroatoms. The number of carbonyl (C=O) groups excluding carboxylic acids is 1. The van der Waals surface area contributed by atoms with Crippen LogP contribution in [0, 0.1) is 13.8 Å². The van der Waals surface area contributed by atoms with Gasteiger partial charge < -0.3 is 14.2 Å². The minimum absolute atomic E-state index is 0.161. The Morgan fingerprint density at radius 2 is 2.12 bits per heavy atom. The fourth-order valence-electron chi connectivity index (χ4n) is 2.06. The van der Waals surface area contributed by atoms with Gasteiger partial charge in [0.15, 0.2) is 0 Å². The van der Waals surface area contributed by atoms with Crippen LogP contribution in [0.15, 0.2) is 44.6 Å². The van der Waals surface area contributed by atoms with Gasteiger partial charge in [0.2, 0.25) is 5.91 Å². The van der Waals surface area contributed by atoms with Crippen molar-refractivity contribution in [1.29, 1.82) is 0 Å². The summed E-state index contributed by atoms with van der Waals surface area (Å²) in [6.45, 7) is 3.69. The topological polar surface area (TPSA) is 81.2 Å². The van der Waals surface area contributed by atoms with E-state index in [4.69, 9.17) is 20.4 Å². The van der Waals surface area contributed by atoms with Crippen LogP contribution in [0.1, 0.15) is 11.3 Å². The molecular weight excluding hydrogens is 350 g/mol. The van der Waals surface area contributed by atoms with Crippen LogP contribution >= 0.6 is 23.4 Å². The van der Waals surface area contributed by atoms with Crippen molar-refractivity contribution in [2.75, 3.05) is 11.1 Å². The summed E-state index contributed by atoms with van der Waals surface area (Å²) in [5.41, 5.74) is 2.37. The Hall–Kier alpha value is -2.25. The predicted octanol–water partition coefficient (Wildman–Crippen LogP) is 4.33. The van der Waals surface area contributed by atoms with Gasteiger partial charge >= 0.3 is 0 Å². The number of hydrogen-bond acceptors (Lipinski definition) is 6. The van der Waals surface area contributed by atoms with Crippen LogP contribution in [0.3, 0.4) is 0 Å². The number of carbonyl (C=O) groups is 1. The molecule has 0 radical (unpaired) electrons. The molecule has 0 bridgehead atoms. The van der Waals surface area contributed by atoms with Gasteiger partial charge in [-0.05, 0) is 43.7 Å². The summed E-state index contributed by atoms with van der Waals surface area (Å²) in [7, 11) is 0. The molecule has 2 aromatic heterocycles. The third-order valence-electron chi connectivity index (χ3n) is 3.28. The van der Waals surface area contributed by atoms with Gasteiger partial charge in [0, 0.05) is 10.7 Å². The van der Waals surface area contributed by atoms with E-state index in [0.29, 0.717) is 21.9 Å². The number of aromatic nitrogens is 2. The Morgan fingerprint density at radius 1 is 1.29 bits per heavy atom. The van der Waals surface area contributed by atoms with E-state index >= 15 is 0 Å². The number of benzene rings is 1. The van der Waals surface area contributed by atoms with Crippen LogP contribution in [-0.2, 0) is 4.79 Å². The van der Waals surface area contributed by atoms with Gasteiger partial charge in [0.05, 0.1) is 17.6 Å². The van der Waals surface area contributed by atoms with Crippen molar-refractivity contribution >= 4 is 35.0 Å². The summed E-state index contributed by atoms with van der Waals surface area (Å²) in [5.74, 6) is 1.07. The van der Waals surface area contributed by atoms with E-state index in [1.165, 1.54) is 11.8 Å². The number of amides is 1. The van der Waals surface area contributed by atoms with Crippen molar-refractivity contribution in [3.8, 4) is 11.5 Å². The number of nitrogens with one attached hydrogen (secondary N) is 1. The van der Waals surface area contributed by atoms with Crippen molar-refractivity contribution in [2.24, 2.45) is 0 Å². The molecule has 3 aromatic rings. The molecule has 6 nitrogen and oxygen atoms in total. The molecule has 0 fully saturated rings. The Kier molecular flexibility index (Phi) is 4.92. The molecule has 1 amide bonds. The molecule has 0 unspecified atom stereocenters. The summed E-state index contributed by atoms with van der Waals surface area (Å²) < 4.78 is 10.7. The van der Waals surface area contributed by atoms with E-state index < -0.39 is 0 Å². The Bertz CT molecular complexity index is 875. The fourth-order valence-corrected chi connectivity index (χ4v) is 2.85. The zero-order valence-corrected chi connectivity index (χ0v) is 14.6. The number of rotatable bonds is 5. The zero-order chi connectivity index (χ0) is 17.1. The van der Waals surface area contributed by atoms with Crippen molar-refractivity contribution in [2.45, 2.75) is 19.1 Å². The van der Waals surface area contributed by atoms with E-state index in [1.54, 1.807) is 30.5 Å². The molecule has 0 atom stereocenters. The molecule has 124 valence electrons. The van der Waals surface area contributed by atoms with Crippen molar-refractivity contribution in [3.05, 3.63) is 46.9 Å². The minimum atomic E-state index is -0.162. The molecule has 0 spiro atoms. The lowest BCUT2D eigenvalue weighted by Crippen LogP contribution is -2.14. The fraction of sp³-hybridized carbons (Fsp3) is 0.188. The molecule has 1 N–H and O–H groups in total. The lowest BCUT2D eigenvalue weighted by atomic mass is 10.2. The second-order valence-corrected chi connectivity index (χ2v) is 6.42. The summed E-state index contributed by atoms with van der Waals surface area (Å²) in [4.78, 5) is 12.0. The molecule has 0 saturated carbocycles. The van der Waals surface area contributed by atoms with E-state index in [-0.39, 0.29) is 11.7 Å². The SMILES string of the molecule is Cc1cc(Cl)ccc1NC(=O)CSc1nnc(-c2ccoc2C)o1. The van der Waals surface area contributed by atoms with E-state index in [1.807, 2.05) is 13.8 Å². The van der Waals surface area contributed by atoms with Crippen LogP contribution in [0.5, 0.6) is 0 Å². The van der Waals surface area contributed by atoms with Crippen molar-refractivity contribution in [3.63, 3.8) is 0 Å². The molecule has 0 aliphatic heterocycles. The van der Waals surface area contributed by atoms with Crippen LogP contribution in [0.25, 0.3) is 11.5 Å². The maximum absolute atomic E-state index is 12.0. The summed E-state index contributed by atoms with van der Waals surface area (Å²) in [5, 5.41) is 11.7. The Balaban J connectivity index is 1.59. The number of nitrogens with zero attached hydrogens (tertiary/aromatic N) is 2. The first-order valence-corrected chi connectivity index (χ1v) is 8.46. The first kappa shape index (κ1) is 16.6. The highest BCUT2D eigenvalue weighted by molar-refractivity contribution is 7.99. The zero-order valence-electron chi connectivity index (χ0n) is 13.0. The highest BCUT2D eigenvalue weighted by Gasteiger charge is 2.14. The minimum Gasteiger partial charge on any atom is -0.469 e. The van der Waals surface area contributed by atoms with Gasteiger partial charge in [-0.3, -0.25) is 4.79 Å². The third kappa shape index (κ3) is 3.80. The molecular formula is C16H14ClN3O3S. The van der Waals surface area contributed by atoms with Gasteiger partial charge in [-0.15, -0.1) is 10.2 Å². The van der Waals surface area contributed by atoms with E-state index in [0.717, 1.165) is 16.8 Å². The first-order valence-electron chi connectivity index (χ1n) is 7.09. The highest BCUT2D eigenvalue weighted by atomic mass is 35.5. The average molecular weight is 364 g/mol. The molecule has 0 aliphatic carbocycles. The van der Waals surface area contributed by atoms with E-state index in [9.17, 15) is 4.79 Å². The van der Waals surface area contributed by atoms with Crippen LogP contribution in [0.2, 0.25) is 5.02 Å². The highest BCUT2D eigenvalue weighted by Crippen LogP contribution is 2.26. The predicted molar refractivity (Wildman–Crippen MR) is 92.3 cm³/mol. The smallest absolute Gasteiger partial charge is 0.277 e. The average Bonchev–Trinajstić information content (AvgIpc) is 3.16. The maximum Gasteiger partial charge on any atom is 0.277 e. The number of furan rings is 1. The van der Waals surface area contributed by atoms with E-state index in [2.05, 4.69) is 15.5 Å². The number of aryl methyl sites for hydroxylation is 2. The molecule has 2 heterocycles. The molecule has 0 aliphatic rings. The first-order chi connectivity index (χ1) is 11.5. The third-order valence-corrected chi connectivity index (χ3v) is 4.34. The Morgan fingerprint density at radius 3 is 2.83 bits per heavy atom. The lowest BCUT2D eigenvalue weighted by Gasteiger charge is -2.07. The second kappa shape index (κ2) is 7.11. The van der Waals surface area contributed by atoms with Gasteiger partial charge in [0.25, 0.3) is 11.1 Å². The number of halogens is 1. The van der Waals surface area contributed by atoms with Crippen LogP contribution in [0.4, 0.5) is 5.69 Å². The van der Waals surface area contributed by atoms with Crippen LogP contribution in [-0.4, -0.2) is 21.9 Å². The second-order valence-electron chi connectivity index (χ2n) is 5.06. The monoisotopic (exact) mass is 363 g/mol. The summed E-state index contributed by atoms with van der Waals surface area (Å²) >= 11 is 7.07. The standard InChI is InChI=1S/C16H14ClN3O3S/c1-9-7-11(17)3-4-13(9)18-14(21)8-24-16-20-19-15(23-16)12-5-6-22-10(12)2/h3-7H,8H2,1-2H3,(H,18,21). The maximum atomic E-state index is 12.0. The Labute approximate surface area is 147 Å². The molecule has 1 aromatic carbocycles. The van der Waals surface area contributed by atoms with Crippen molar-refractivity contribution < 1.29 is 13.6 Å². The van der Waals surface area contributed by atoms with Gasteiger partial charge in [-0.2, -0.15) is 0 Å².